The van der Waals surface area contributed by atoms with E-state index in [1.165, 1.54) is 32.4 Å². The van der Waals surface area contributed by atoms with E-state index in [2.05, 4.69) is 4.90 Å². The lowest BCUT2D eigenvalue weighted by atomic mass is 10.0. The molecule has 0 radical (unpaired) electrons. The highest BCUT2D eigenvalue weighted by Gasteiger charge is 2.32. The Kier molecular flexibility index (Phi) is 2.63. The van der Waals surface area contributed by atoms with Gasteiger partial charge < -0.3 is 10.5 Å². The number of nitrogens with zero attached hydrogens (tertiary/aromatic N) is 1. The zero-order valence-electron chi connectivity index (χ0n) is 7.54. The highest BCUT2D eigenvalue weighted by Crippen LogP contribution is 2.22. The first kappa shape index (κ1) is 8.48. The Bertz CT molecular complexity index is 141. The molecular formula is C9H18N2O. The normalized spacial score (nSPS) is 33.2. The molecule has 0 saturated carbocycles. The average molecular weight is 170 g/mol. The predicted molar refractivity (Wildman–Crippen MR) is 48.0 cm³/mol. The molecule has 0 aromatic rings. The quantitative estimate of drug-likeness (QED) is 0.657. The van der Waals surface area contributed by atoms with Gasteiger partial charge in [0.25, 0.3) is 0 Å². The van der Waals surface area contributed by atoms with Crippen molar-refractivity contribution in [1.29, 1.82) is 0 Å². The van der Waals surface area contributed by atoms with Gasteiger partial charge in [0.05, 0.1) is 6.10 Å². The van der Waals surface area contributed by atoms with Crippen molar-refractivity contribution in [3.63, 3.8) is 0 Å². The molecule has 70 valence electrons. The standard InChI is InChI=1S/C9H18N2O/c10-7-8(11-4-2-5-11)9-3-1-6-12-9/h8-9H,1-7,10H2. The van der Waals surface area contributed by atoms with E-state index in [1.54, 1.807) is 0 Å². The van der Waals surface area contributed by atoms with Gasteiger partial charge in [-0.3, -0.25) is 4.90 Å². The van der Waals surface area contributed by atoms with E-state index in [0.717, 1.165) is 13.2 Å². The van der Waals surface area contributed by atoms with Crippen molar-refractivity contribution in [2.24, 2.45) is 5.73 Å². The van der Waals surface area contributed by atoms with Crippen LogP contribution in [-0.4, -0.2) is 43.3 Å². The van der Waals surface area contributed by atoms with Crippen LogP contribution in [0.15, 0.2) is 0 Å². The van der Waals surface area contributed by atoms with Crippen LogP contribution in [0.4, 0.5) is 0 Å². The summed E-state index contributed by atoms with van der Waals surface area (Å²) in [6.07, 6.45) is 4.19. The topological polar surface area (TPSA) is 38.5 Å². The fourth-order valence-electron chi connectivity index (χ4n) is 2.11. The van der Waals surface area contributed by atoms with E-state index in [0.29, 0.717) is 12.1 Å². The third-order valence-electron chi connectivity index (χ3n) is 3.00. The molecule has 2 rings (SSSR count). The van der Waals surface area contributed by atoms with Crippen molar-refractivity contribution in [2.75, 3.05) is 26.2 Å². The van der Waals surface area contributed by atoms with E-state index in [4.69, 9.17) is 10.5 Å². The van der Waals surface area contributed by atoms with Crippen LogP contribution < -0.4 is 5.73 Å². The molecule has 0 aromatic heterocycles. The summed E-state index contributed by atoms with van der Waals surface area (Å²) in [4.78, 5) is 2.45. The second kappa shape index (κ2) is 3.73. The third kappa shape index (κ3) is 1.49. The average Bonchev–Trinajstić information content (AvgIpc) is 2.47. The van der Waals surface area contributed by atoms with Crippen LogP contribution in [0.1, 0.15) is 19.3 Å². The van der Waals surface area contributed by atoms with Crippen molar-refractivity contribution in [1.82, 2.24) is 4.90 Å². The molecule has 2 heterocycles. The van der Waals surface area contributed by atoms with Gasteiger partial charge in [0.15, 0.2) is 0 Å². The van der Waals surface area contributed by atoms with E-state index >= 15 is 0 Å². The van der Waals surface area contributed by atoms with Gasteiger partial charge in [-0.15, -0.1) is 0 Å². The van der Waals surface area contributed by atoms with Crippen LogP contribution >= 0.6 is 0 Å². The lowest BCUT2D eigenvalue weighted by molar-refractivity contribution is 0.00202. The van der Waals surface area contributed by atoms with Gasteiger partial charge in [0.2, 0.25) is 0 Å². The molecule has 2 N–H and O–H groups in total. The zero-order chi connectivity index (χ0) is 8.39. The Balaban J connectivity index is 1.87. The highest BCUT2D eigenvalue weighted by atomic mass is 16.5. The molecule has 2 unspecified atom stereocenters. The van der Waals surface area contributed by atoms with Gasteiger partial charge in [0, 0.05) is 19.2 Å². The van der Waals surface area contributed by atoms with E-state index in [-0.39, 0.29) is 0 Å². The van der Waals surface area contributed by atoms with Crippen molar-refractivity contribution in [2.45, 2.75) is 31.4 Å². The Labute approximate surface area is 73.9 Å². The van der Waals surface area contributed by atoms with E-state index in [9.17, 15) is 0 Å². The lowest BCUT2D eigenvalue weighted by Gasteiger charge is -2.40. The summed E-state index contributed by atoms with van der Waals surface area (Å²) >= 11 is 0. The number of nitrogens with two attached hydrogens (primary N) is 1. The van der Waals surface area contributed by atoms with Gasteiger partial charge in [-0.05, 0) is 32.4 Å². The first-order valence-corrected chi connectivity index (χ1v) is 4.97. The van der Waals surface area contributed by atoms with Crippen molar-refractivity contribution >= 4 is 0 Å². The van der Waals surface area contributed by atoms with Crippen LogP contribution in [0, 0.1) is 0 Å². The first-order chi connectivity index (χ1) is 5.92. The summed E-state index contributed by atoms with van der Waals surface area (Å²) in [5, 5.41) is 0. The minimum Gasteiger partial charge on any atom is -0.377 e. The van der Waals surface area contributed by atoms with Crippen LogP contribution in [0.3, 0.4) is 0 Å². The number of hydrogen-bond donors (Lipinski definition) is 1. The molecule has 0 spiro atoms. The van der Waals surface area contributed by atoms with Crippen molar-refractivity contribution < 1.29 is 4.74 Å². The van der Waals surface area contributed by atoms with Gasteiger partial charge in [-0.1, -0.05) is 0 Å². The molecule has 0 aliphatic carbocycles. The van der Waals surface area contributed by atoms with Gasteiger partial charge in [0.1, 0.15) is 0 Å². The van der Waals surface area contributed by atoms with E-state index < -0.39 is 0 Å². The molecule has 2 aliphatic rings. The molecular weight excluding hydrogens is 152 g/mol. The Morgan fingerprint density at radius 1 is 1.42 bits per heavy atom. The predicted octanol–water partition coefficient (Wildman–Crippen LogP) is 0.198. The summed E-state index contributed by atoms with van der Waals surface area (Å²) in [7, 11) is 0. The maximum absolute atomic E-state index is 5.74. The largest absolute Gasteiger partial charge is 0.377 e. The fourth-order valence-corrected chi connectivity index (χ4v) is 2.11. The van der Waals surface area contributed by atoms with Gasteiger partial charge in [-0.2, -0.15) is 0 Å². The van der Waals surface area contributed by atoms with Crippen molar-refractivity contribution in [3.8, 4) is 0 Å². The summed E-state index contributed by atoms with van der Waals surface area (Å²) in [5.74, 6) is 0. The number of ether oxygens (including phenoxy) is 1. The molecule has 2 fully saturated rings. The van der Waals surface area contributed by atoms with Gasteiger partial charge in [-0.25, -0.2) is 0 Å². The number of likely N-dealkylation sites (tertiary alicyclic amines) is 1. The smallest absolute Gasteiger partial charge is 0.0743 e. The van der Waals surface area contributed by atoms with Gasteiger partial charge >= 0.3 is 0 Å². The second-order valence-corrected chi connectivity index (χ2v) is 3.74. The second-order valence-electron chi connectivity index (χ2n) is 3.74. The molecule has 0 aromatic carbocycles. The Hall–Kier alpha value is -0.120. The highest BCUT2D eigenvalue weighted by molar-refractivity contribution is 4.87. The summed E-state index contributed by atoms with van der Waals surface area (Å²) in [6.45, 7) is 4.14. The molecule has 2 atom stereocenters. The van der Waals surface area contributed by atoms with Crippen molar-refractivity contribution in [3.05, 3.63) is 0 Å². The fraction of sp³-hybridized carbons (Fsp3) is 1.00. The molecule has 2 saturated heterocycles. The number of hydrogen-bond acceptors (Lipinski definition) is 3. The Morgan fingerprint density at radius 2 is 2.25 bits per heavy atom. The van der Waals surface area contributed by atoms with Crippen LogP contribution in [-0.2, 0) is 4.74 Å². The Morgan fingerprint density at radius 3 is 2.67 bits per heavy atom. The van der Waals surface area contributed by atoms with Crippen LogP contribution in [0.2, 0.25) is 0 Å². The molecule has 3 heteroatoms. The van der Waals surface area contributed by atoms with E-state index in [1.807, 2.05) is 0 Å². The third-order valence-corrected chi connectivity index (χ3v) is 3.00. The monoisotopic (exact) mass is 170 g/mol. The van der Waals surface area contributed by atoms with Crippen LogP contribution in [0.25, 0.3) is 0 Å². The zero-order valence-corrected chi connectivity index (χ0v) is 7.54. The molecule has 2 aliphatic heterocycles. The van der Waals surface area contributed by atoms with Crippen LogP contribution in [0.5, 0.6) is 0 Å². The maximum Gasteiger partial charge on any atom is 0.0743 e. The SMILES string of the molecule is NCC(C1CCCO1)N1CCC1. The molecule has 12 heavy (non-hydrogen) atoms. The maximum atomic E-state index is 5.74. The molecule has 0 bridgehead atoms. The summed E-state index contributed by atoms with van der Waals surface area (Å²) in [5.41, 5.74) is 5.74. The molecule has 0 amide bonds. The molecule has 3 nitrogen and oxygen atoms in total. The number of rotatable bonds is 3. The first-order valence-electron chi connectivity index (χ1n) is 4.97. The lowest BCUT2D eigenvalue weighted by Crippen LogP contribution is -2.53. The summed E-state index contributed by atoms with van der Waals surface area (Å²) < 4.78 is 5.64. The minimum absolute atomic E-state index is 0.426. The minimum atomic E-state index is 0.426. The summed E-state index contributed by atoms with van der Waals surface area (Å²) in [6, 6.07) is 0.501.